The molecule has 0 saturated heterocycles. The van der Waals surface area contributed by atoms with Crippen LogP contribution in [0.5, 0.6) is 0 Å². The van der Waals surface area contributed by atoms with Gasteiger partial charge < -0.3 is 5.32 Å². The maximum Gasteiger partial charge on any atom is 0.228 e. The van der Waals surface area contributed by atoms with E-state index in [1.165, 1.54) is 6.20 Å². The number of anilines is 1. The predicted octanol–water partition coefficient (Wildman–Crippen LogP) is 4.23. The summed E-state index contributed by atoms with van der Waals surface area (Å²) in [6.45, 7) is 0. The smallest absolute Gasteiger partial charge is 0.228 e. The van der Waals surface area contributed by atoms with Gasteiger partial charge in [-0.1, -0.05) is 23.2 Å². The molecule has 0 aliphatic rings. The van der Waals surface area contributed by atoms with Crippen LogP contribution < -0.4 is 5.32 Å². The molecule has 7 heteroatoms. The van der Waals surface area contributed by atoms with E-state index in [1.54, 1.807) is 53.3 Å². The molecule has 1 N–H and O–H groups in total. The van der Waals surface area contributed by atoms with Gasteiger partial charge in [0.1, 0.15) is 6.07 Å². The van der Waals surface area contributed by atoms with Crippen molar-refractivity contribution in [2.45, 2.75) is 6.42 Å². The fourth-order valence-electron chi connectivity index (χ4n) is 2.28. The predicted molar refractivity (Wildman–Crippen MR) is 97.1 cm³/mol. The molecular formula is C18H12Cl2N4O. The van der Waals surface area contributed by atoms with Gasteiger partial charge in [0.2, 0.25) is 5.91 Å². The Morgan fingerprint density at radius 3 is 2.64 bits per heavy atom. The normalized spacial score (nSPS) is 10.3. The van der Waals surface area contributed by atoms with Crippen LogP contribution in [0.15, 0.2) is 54.9 Å². The van der Waals surface area contributed by atoms with Gasteiger partial charge in [0.05, 0.1) is 23.9 Å². The molecule has 0 spiro atoms. The second kappa shape index (κ2) is 7.39. The van der Waals surface area contributed by atoms with Crippen molar-refractivity contribution in [3.05, 3.63) is 76.0 Å². The van der Waals surface area contributed by atoms with Gasteiger partial charge in [0.25, 0.3) is 0 Å². The van der Waals surface area contributed by atoms with E-state index in [9.17, 15) is 4.79 Å². The van der Waals surface area contributed by atoms with Crippen LogP contribution in [0.3, 0.4) is 0 Å². The van der Waals surface area contributed by atoms with E-state index in [0.717, 1.165) is 5.69 Å². The molecule has 0 saturated carbocycles. The summed E-state index contributed by atoms with van der Waals surface area (Å²) in [7, 11) is 0. The topological polar surface area (TPSA) is 70.7 Å². The highest BCUT2D eigenvalue weighted by Gasteiger charge is 2.09. The quantitative estimate of drug-likeness (QED) is 0.746. The number of carbonyl (C=O) groups excluding carboxylic acids is 1. The van der Waals surface area contributed by atoms with Gasteiger partial charge in [-0.15, -0.1) is 0 Å². The molecule has 5 nitrogen and oxygen atoms in total. The summed E-state index contributed by atoms with van der Waals surface area (Å²) in [6, 6.07) is 14.2. The van der Waals surface area contributed by atoms with Crippen LogP contribution in [0.25, 0.3) is 5.69 Å². The third-order valence-corrected chi connectivity index (χ3v) is 4.09. The third kappa shape index (κ3) is 4.18. The lowest BCUT2D eigenvalue weighted by Crippen LogP contribution is -2.14. The lowest BCUT2D eigenvalue weighted by molar-refractivity contribution is -0.115. The highest BCUT2D eigenvalue weighted by Crippen LogP contribution is 2.21. The summed E-state index contributed by atoms with van der Waals surface area (Å²) in [5, 5.41) is 16.8. The first-order valence-corrected chi connectivity index (χ1v) is 8.10. The Hall–Kier alpha value is -2.81. The van der Waals surface area contributed by atoms with Gasteiger partial charge in [-0.05, 0) is 48.0 Å². The van der Waals surface area contributed by atoms with Gasteiger partial charge in [-0.2, -0.15) is 10.4 Å². The fraction of sp³-hybridized carbons (Fsp3) is 0.0556. The molecule has 0 atom stereocenters. The Balaban J connectivity index is 1.67. The number of aromatic nitrogens is 2. The van der Waals surface area contributed by atoms with E-state index < -0.39 is 0 Å². The Morgan fingerprint density at radius 2 is 1.96 bits per heavy atom. The summed E-state index contributed by atoms with van der Waals surface area (Å²) in [6.07, 6.45) is 3.25. The second-order valence-corrected chi connectivity index (χ2v) is 6.14. The number of amides is 1. The standard InChI is InChI=1S/C18H12Cl2N4O/c19-14-1-6-17(20)13(7-14)8-18(25)23-15-2-4-16(5-3-15)24-11-12(9-21)10-22-24/h1-7,10-11H,8H2,(H,23,25). The zero-order chi connectivity index (χ0) is 17.8. The Labute approximate surface area is 154 Å². The van der Waals surface area contributed by atoms with Crippen molar-refractivity contribution in [3.63, 3.8) is 0 Å². The van der Waals surface area contributed by atoms with Crippen LogP contribution in [-0.2, 0) is 11.2 Å². The van der Waals surface area contributed by atoms with Gasteiger partial charge in [0, 0.05) is 21.9 Å². The molecule has 3 rings (SSSR count). The summed E-state index contributed by atoms with van der Waals surface area (Å²) < 4.78 is 1.59. The van der Waals surface area contributed by atoms with Crippen molar-refractivity contribution in [3.8, 4) is 11.8 Å². The first kappa shape index (κ1) is 17.0. The van der Waals surface area contributed by atoms with Crippen molar-refractivity contribution >= 4 is 34.8 Å². The zero-order valence-electron chi connectivity index (χ0n) is 12.9. The van der Waals surface area contributed by atoms with Gasteiger partial charge in [-0.25, -0.2) is 4.68 Å². The molecule has 1 heterocycles. The minimum absolute atomic E-state index is 0.131. The summed E-state index contributed by atoms with van der Waals surface area (Å²) in [5.41, 5.74) is 2.59. The van der Waals surface area contributed by atoms with E-state index in [4.69, 9.17) is 28.5 Å². The zero-order valence-corrected chi connectivity index (χ0v) is 14.4. The average Bonchev–Trinajstić information content (AvgIpc) is 3.08. The van der Waals surface area contributed by atoms with Gasteiger partial charge in [-0.3, -0.25) is 4.79 Å². The van der Waals surface area contributed by atoms with Crippen molar-refractivity contribution in [2.24, 2.45) is 0 Å². The minimum Gasteiger partial charge on any atom is -0.326 e. The summed E-state index contributed by atoms with van der Waals surface area (Å²) in [4.78, 5) is 12.2. The highest BCUT2D eigenvalue weighted by molar-refractivity contribution is 6.33. The van der Waals surface area contributed by atoms with Crippen molar-refractivity contribution in [2.75, 3.05) is 5.32 Å². The van der Waals surface area contributed by atoms with Crippen LogP contribution in [0, 0.1) is 11.3 Å². The number of halogens is 2. The molecule has 0 bridgehead atoms. The third-order valence-electron chi connectivity index (χ3n) is 3.49. The molecule has 3 aromatic rings. The molecule has 2 aromatic carbocycles. The van der Waals surface area contributed by atoms with Crippen LogP contribution in [-0.4, -0.2) is 15.7 Å². The number of nitriles is 1. The van der Waals surface area contributed by atoms with Crippen LogP contribution in [0.4, 0.5) is 5.69 Å². The van der Waals surface area contributed by atoms with Crippen LogP contribution in [0.2, 0.25) is 10.0 Å². The lowest BCUT2D eigenvalue weighted by atomic mass is 10.1. The minimum atomic E-state index is -0.192. The Bertz CT molecular complexity index is 958. The highest BCUT2D eigenvalue weighted by atomic mass is 35.5. The summed E-state index contributed by atoms with van der Waals surface area (Å²) in [5.74, 6) is -0.192. The lowest BCUT2D eigenvalue weighted by Gasteiger charge is -2.08. The molecule has 1 amide bonds. The van der Waals surface area contributed by atoms with Crippen LogP contribution >= 0.6 is 23.2 Å². The second-order valence-electron chi connectivity index (χ2n) is 5.29. The summed E-state index contributed by atoms with van der Waals surface area (Å²) >= 11 is 12.0. The van der Waals surface area contributed by atoms with Crippen LogP contribution in [0.1, 0.15) is 11.1 Å². The molecule has 0 unspecified atom stereocenters. The number of hydrogen-bond acceptors (Lipinski definition) is 3. The van der Waals surface area contributed by atoms with Crippen molar-refractivity contribution in [1.29, 1.82) is 5.26 Å². The fourth-order valence-corrected chi connectivity index (χ4v) is 2.66. The Kier molecular flexibility index (Phi) is 5.03. The average molecular weight is 371 g/mol. The molecule has 25 heavy (non-hydrogen) atoms. The van der Waals surface area contributed by atoms with Crippen molar-refractivity contribution in [1.82, 2.24) is 9.78 Å². The van der Waals surface area contributed by atoms with Gasteiger partial charge in [0.15, 0.2) is 0 Å². The monoisotopic (exact) mass is 370 g/mol. The van der Waals surface area contributed by atoms with E-state index in [0.29, 0.717) is 26.9 Å². The number of carbonyl (C=O) groups is 1. The maximum atomic E-state index is 12.2. The number of nitrogens with one attached hydrogen (secondary N) is 1. The van der Waals surface area contributed by atoms with Gasteiger partial charge >= 0.3 is 0 Å². The molecule has 0 fully saturated rings. The largest absolute Gasteiger partial charge is 0.326 e. The number of hydrogen-bond donors (Lipinski definition) is 1. The van der Waals surface area contributed by atoms with E-state index in [-0.39, 0.29) is 12.3 Å². The molecule has 124 valence electrons. The molecular weight excluding hydrogens is 359 g/mol. The molecule has 0 aliphatic heterocycles. The van der Waals surface area contributed by atoms with E-state index >= 15 is 0 Å². The number of rotatable bonds is 4. The molecule has 0 radical (unpaired) electrons. The first-order valence-electron chi connectivity index (χ1n) is 7.34. The maximum absolute atomic E-state index is 12.2. The Morgan fingerprint density at radius 1 is 1.20 bits per heavy atom. The SMILES string of the molecule is N#Cc1cnn(-c2ccc(NC(=O)Cc3cc(Cl)ccc3Cl)cc2)c1. The first-order chi connectivity index (χ1) is 12.0. The molecule has 1 aromatic heterocycles. The van der Waals surface area contributed by atoms with E-state index in [2.05, 4.69) is 10.4 Å². The number of nitrogens with zero attached hydrogens (tertiary/aromatic N) is 3. The number of benzene rings is 2. The van der Waals surface area contributed by atoms with Crippen molar-refractivity contribution < 1.29 is 4.79 Å². The van der Waals surface area contributed by atoms with E-state index in [1.807, 2.05) is 6.07 Å². The molecule has 0 aliphatic carbocycles.